The second kappa shape index (κ2) is 22.9. The second-order valence-corrected chi connectivity index (χ2v) is 7.88. The van der Waals surface area contributed by atoms with Crippen LogP contribution in [0.1, 0.15) is 117 Å². The monoisotopic (exact) mass is 371 g/mol. The number of nitrogens with one attached hydrogen (secondary N) is 1. The molecule has 3 nitrogen and oxygen atoms in total. The summed E-state index contributed by atoms with van der Waals surface area (Å²) in [5.41, 5.74) is 0. The van der Waals surface area contributed by atoms with Crippen molar-refractivity contribution in [2.45, 2.75) is 123 Å². The van der Waals surface area contributed by atoms with Gasteiger partial charge in [-0.2, -0.15) is 0 Å². The molecule has 2 N–H and O–H groups in total. The van der Waals surface area contributed by atoms with E-state index in [0.717, 1.165) is 26.0 Å². The summed E-state index contributed by atoms with van der Waals surface area (Å²) in [6.07, 6.45) is 21.6. The first-order valence-corrected chi connectivity index (χ1v) is 11.8. The highest BCUT2D eigenvalue weighted by Gasteiger charge is 2.02. The van der Waals surface area contributed by atoms with Gasteiger partial charge in [0.25, 0.3) is 0 Å². The van der Waals surface area contributed by atoms with E-state index in [1.165, 1.54) is 89.9 Å². The zero-order valence-corrected chi connectivity index (χ0v) is 18.1. The molecule has 26 heavy (non-hydrogen) atoms. The van der Waals surface area contributed by atoms with E-state index < -0.39 is 0 Å². The van der Waals surface area contributed by atoms with Crippen molar-refractivity contribution in [2.75, 3.05) is 26.3 Å². The number of ether oxygens (including phenoxy) is 1. The van der Waals surface area contributed by atoms with E-state index in [1.54, 1.807) is 0 Å². The summed E-state index contributed by atoms with van der Waals surface area (Å²) in [7, 11) is 0. The van der Waals surface area contributed by atoms with E-state index in [-0.39, 0.29) is 6.10 Å². The van der Waals surface area contributed by atoms with Gasteiger partial charge in [-0.15, -0.1) is 0 Å². The average molecular weight is 372 g/mol. The topological polar surface area (TPSA) is 41.5 Å². The molecule has 0 bridgehead atoms. The molecule has 0 aromatic heterocycles. The normalized spacial score (nSPS) is 12.6. The number of hydrogen-bond donors (Lipinski definition) is 2. The van der Waals surface area contributed by atoms with Crippen LogP contribution < -0.4 is 5.32 Å². The van der Waals surface area contributed by atoms with E-state index in [9.17, 15) is 5.11 Å². The van der Waals surface area contributed by atoms with Gasteiger partial charge in [-0.05, 0) is 19.4 Å². The number of aliphatic hydroxyl groups excluding tert-OH is 1. The maximum absolute atomic E-state index is 9.71. The minimum Gasteiger partial charge on any atom is -0.389 e. The molecule has 0 aliphatic heterocycles. The van der Waals surface area contributed by atoms with Crippen molar-refractivity contribution in [1.82, 2.24) is 5.32 Å². The molecule has 0 radical (unpaired) electrons. The Hall–Kier alpha value is -0.120. The lowest BCUT2D eigenvalue weighted by molar-refractivity contribution is 0.0355. The van der Waals surface area contributed by atoms with Gasteiger partial charge in [0.1, 0.15) is 0 Å². The molecule has 1 atom stereocenters. The third kappa shape index (κ3) is 21.9. The summed E-state index contributed by atoms with van der Waals surface area (Å²) in [6, 6.07) is 0. The molecule has 0 spiro atoms. The minimum atomic E-state index is -0.363. The van der Waals surface area contributed by atoms with Gasteiger partial charge in [0.15, 0.2) is 0 Å². The number of rotatable bonds is 22. The summed E-state index contributed by atoms with van der Waals surface area (Å²) >= 11 is 0. The SMILES string of the molecule is CCCCCCCCCCCCCCCCCOCC(O)CNCCC. The summed E-state index contributed by atoms with van der Waals surface area (Å²) in [4.78, 5) is 0. The molecule has 0 saturated carbocycles. The van der Waals surface area contributed by atoms with Crippen molar-refractivity contribution in [3.8, 4) is 0 Å². The van der Waals surface area contributed by atoms with Crippen LogP contribution in [0.25, 0.3) is 0 Å². The fourth-order valence-corrected chi connectivity index (χ4v) is 3.30. The largest absolute Gasteiger partial charge is 0.389 e. The maximum Gasteiger partial charge on any atom is 0.0897 e. The van der Waals surface area contributed by atoms with Gasteiger partial charge in [0, 0.05) is 13.2 Å². The van der Waals surface area contributed by atoms with Crippen LogP contribution >= 0.6 is 0 Å². The van der Waals surface area contributed by atoms with Crippen LogP contribution in [-0.2, 0) is 4.74 Å². The highest BCUT2D eigenvalue weighted by Crippen LogP contribution is 2.13. The van der Waals surface area contributed by atoms with E-state index in [1.807, 2.05) is 0 Å². The molecular weight excluding hydrogens is 322 g/mol. The van der Waals surface area contributed by atoms with E-state index in [0.29, 0.717) is 13.2 Å². The van der Waals surface area contributed by atoms with Gasteiger partial charge >= 0.3 is 0 Å². The number of aliphatic hydroxyl groups is 1. The van der Waals surface area contributed by atoms with Gasteiger partial charge in [-0.25, -0.2) is 0 Å². The van der Waals surface area contributed by atoms with Crippen molar-refractivity contribution < 1.29 is 9.84 Å². The first-order valence-electron chi connectivity index (χ1n) is 11.8. The first kappa shape index (κ1) is 25.9. The van der Waals surface area contributed by atoms with E-state index in [4.69, 9.17) is 4.74 Å². The summed E-state index contributed by atoms with van der Waals surface area (Å²) in [5, 5.41) is 12.9. The lowest BCUT2D eigenvalue weighted by Gasteiger charge is -2.11. The zero-order valence-electron chi connectivity index (χ0n) is 18.1. The van der Waals surface area contributed by atoms with Crippen molar-refractivity contribution in [1.29, 1.82) is 0 Å². The molecular formula is C23H49NO2. The Morgan fingerprint density at radius 2 is 1.12 bits per heavy atom. The molecule has 0 aromatic carbocycles. The second-order valence-electron chi connectivity index (χ2n) is 7.88. The molecule has 0 aromatic rings. The molecule has 0 amide bonds. The molecule has 0 aliphatic rings. The van der Waals surface area contributed by atoms with Gasteiger partial charge in [0.2, 0.25) is 0 Å². The molecule has 0 aliphatic carbocycles. The Balaban J connectivity index is 3.05. The molecule has 3 heteroatoms. The smallest absolute Gasteiger partial charge is 0.0897 e. The van der Waals surface area contributed by atoms with Crippen LogP contribution in [0.5, 0.6) is 0 Å². The third-order valence-corrected chi connectivity index (χ3v) is 5.01. The first-order chi connectivity index (χ1) is 12.8. The van der Waals surface area contributed by atoms with Crippen LogP contribution in [0.2, 0.25) is 0 Å². The fraction of sp³-hybridized carbons (Fsp3) is 1.00. The van der Waals surface area contributed by atoms with E-state index in [2.05, 4.69) is 19.2 Å². The van der Waals surface area contributed by atoms with Crippen LogP contribution in [0.3, 0.4) is 0 Å². The molecule has 0 rings (SSSR count). The average Bonchev–Trinajstić information content (AvgIpc) is 2.64. The Morgan fingerprint density at radius 1 is 0.654 bits per heavy atom. The zero-order chi connectivity index (χ0) is 19.1. The highest BCUT2D eigenvalue weighted by atomic mass is 16.5. The Labute approximate surface area is 164 Å². The molecule has 0 fully saturated rings. The van der Waals surface area contributed by atoms with Gasteiger partial charge in [0.05, 0.1) is 12.7 Å². The lowest BCUT2D eigenvalue weighted by Crippen LogP contribution is -2.30. The van der Waals surface area contributed by atoms with Crippen LogP contribution in [0.4, 0.5) is 0 Å². The summed E-state index contributed by atoms with van der Waals surface area (Å²) in [6.45, 7) is 7.29. The Kier molecular flexibility index (Phi) is 22.8. The summed E-state index contributed by atoms with van der Waals surface area (Å²) in [5.74, 6) is 0. The van der Waals surface area contributed by atoms with Gasteiger partial charge < -0.3 is 15.2 Å². The van der Waals surface area contributed by atoms with Crippen molar-refractivity contribution in [3.05, 3.63) is 0 Å². The quantitative estimate of drug-likeness (QED) is 0.221. The lowest BCUT2D eigenvalue weighted by atomic mass is 10.0. The molecule has 1 unspecified atom stereocenters. The molecule has 0 heterocycles. The predicted octanol–water partition coefficient (Wildman–Crippen LogP) is 6.23. The van der Waals surface area contributed by atoms with Gasteiger partial charge in [-0.1, -0.05) is 104 Å². The Bertz CT molecular complexity index is 248. The standard InChI is InChI=1S/C23H49NO2/c1-3-5-6-7-8-9-10-11-12-13-14-15-16-17-18-20-26-22-23(25)21-24-19-4-2/h23-25H,3-22H2,1-2H3. The van der Waals surface area contributed by atoms with Crippen LogP contribution in [0.15, 0.2) is 0 Å². The molecule has 0 saturated heterocycles. The Morgan fingerprint density at radius 3 is 1.58 bits per heavy atom. The van der Waals surface area contributed by atoms with Crippen LogP contribution in [0, 0.1) is 0 Å². The minimum absolute atomic E-state index is 0.363. The fourth-order valence-electron chi connectivity index (χ4n) is 3.30. The van der Waals surface area contributed by atoms with Crippen molar-refractivity contribution >= 4 is 0 Å². The van der Waals surface area contributed by atoms with Crippen molar-refractivity contribution in [3.63, 3.8) is 0 Å². The number of unbranched alkanes of at least 4 members (excludes halogenated alkanes) is 14. The van der Waals surface area contributed by atoms with Crippen molar-refractivity contribution in [2.24, 2.45) is 0 Å². The maximum atomic E-state index is 9.71. The highest BCUT2D eigenvalue weighted by molar-refractivity contribution is 4.57. The molecule has 158 valence electrons. The van der Waals surface area contributed by atoms with E-state index >= 15 is 0 Å². The third-order valence-electron chi connectivity index (χ3n) is 5.01. The van der Waals surface area contributed by atoms with Gasteiger partial charge in [-0.3, -0.25) is 0 Å². The predicted molar refractivity (Wildman–Crippen MR) is 115 cm³/mol. The van der Waals surface area contributed by atoms with Crippen LogP contribution in [-0.4, -0.2) is 37.5 Å². The summed E-state index contributed by atoms with van der Waals surface area (Å²) < 4.78 is 5.55. The number of hydrogen-bond acceptors (Lipinski definition) is 3.